The van der Waals surface area contributed by atoms with Crippen LogP contribution in [0.25, 0.3) is 6.08 Å². The van der Waals surface area contributed by atoms with Crippen molar-refractivity contribution in [2.75, 3.05) is 7.11 Å². The highest BCUT2D eigenvalue weighted by atomic mass is 16.5. The van der Waals surface area contributed by atoms with Crippen LogP contribution >= 0.6 is 0 Å². The first-order valence-electron chi connectivity index (χ1n) is 14.2. The molecule has 1 atom stereocenters. The lowest BCUT2D eigenvalue weighted by Crippen LogP contribution is -2.21. The number of nitrogens with two attached hydrogens (primary N) is 1. The Balaban J connectivity index is 1.35. The second kappa shape index (κ2) is 12.8. The van der Waals surface area contributed by atoms with Crippen molar-refractivity contribution in [3.8, 4) is 29.1 Å². The van der Waals surface area contributed by atoms with Crippen LogP contribution < -0.4 is 24.7 Å². The molecule has 7 heteroatoms. The van der Waals surface area contributed by atoms with E-state index in [9.17, 15) is 10.1 Å². The molecule has 7 nitrogen and oxygen atoms in total. The van der Waals surface area contributed by atoms with Crippen LogP contribution in [-0.4, -0.2) is 13.1 Å². The van der Waals surface area contributed by atoms with Crippen molar-refractivity contribution in [1.82, 2.24) is 0 Å². The topological polar surface area (TPSA) is 104 Å². The molecule has 0 bridgehead atoms. The highest BCUT2D eigenvalue weighted by Gasteiger charge is 2.31. The van der Waals surface area contributed by atoms with Gasteiger partial charge in [0, 0.05) is 17.7 Å². The SMILES string of the molecule is COc1cc(C2C(C#N)=C(N)Oc3cc(OC(=O)/C=C/c4ccc(C(C)(C)C)cc4)ccc32)ccc1OCc1ccccc1. The first kappa shape index (κ1) is 30.0. The predicted molar refractivity (Wildman–Crippen MR) is 169 cm³/mol. The van der Waals surface area contributed by atoms with Gasteiger partial charge in [-0.2, -0.15) is 5.26 Å². The summed E-state index contributed by atoms with van der Waals surface area (Å²) in [5.74, 6) is 0.694. The maximum Gasteiger partial charge on any atom is 0.336 e. The molecule has 0 fully saturated rings. The van der Waals surface area contributed by atoms with Crippen molar-refractivity contribution >= 4 is 12.0 Å². The van der Waals surface area contributed by atoms with E-state index < -0.39 is 11.9 Å². The van der Waals surface area contributed by atoms with Crippen molar-refractivity contribution in [2.24, 2.45) is 5.73 Å². The minimum absolute atomic E-state index is 0.0181. The summed E-state index contributed by atoms with van der Waals surface area (Å²) in [4.78, 5) is 12.6. The number of nitriles is 1. The number of nitrogens with zero attached hydrogens (tertiary/aromatic N) is 1. The molecular weight excluding hydrogens is 552 g/mol. The number of esters is 1. The number of rotatable bonds is 8. The Hall–Kier alpha value is -5.48. The van der Waals surface area contributed by atoms with Crippen LogP contribution in [0, 0.1) is 11.3 Å². The fourth-order valence-electron chi connectivity index (χ4n) is 4.97. The monoisotopic (exact) mass is 586 g/mol. The van der Waals surface area contributed by atoms with Crippen LogP contribution in [0.5, 0.6) is 23.0 Å². The first-order chi connectivity index (χ1) is 21.2. The van der Waals surface area contributed by atoms with Gasteiger partial charge in [0.1, 0.15) is 29.7 Å². The minimum atomic E-state index is -0.533. The average Bonchev–Trinajstić information content (AvgIpc) is 3.02. The van der Waals surface area contributed by atoms with Crippen LogP contribution in [0.1, 0.15) is 54.5 Å². The van der Waals surface area contributed by atoms with Crippen LogP contribution in [0.2, 0.25) is 0 Å². The summed E-state index contributed by atoms with van der Waals surface area (Å²) in [5, 5.41) is 9.99. The molecule has 0 aliphatic carbocycles. The molecule has 0 radical (unpaired) electrons. The molecule has 0 saturated carbocycles. The van der Waals surface area contributed by atoms with Crippen molar-refractivity contribution < 1.29 is 23.7 Å². The molecule has 5 rings (SSSR count). The van der Waals surface area contributed by atoms with Gasteiger partial charge in [-0.3, -0.25) is 0 Å². The van der Waals surface area contributed by atoms with Gasteiger partial charge in [-0.1, -0.05) is 87.5 Å². The molecule has 1 aliphatic rings. The Kier molecular flexibility index (Phi) is 8.73. The third-order valence-electron chi connectivity index (χ3n) is 7.36. The normalized spacial score (nSPS) is 14.4. The van der Waals surface area contributed by atoms with Crippen molar-refractivity contribution in [3.05, 3.63) is 136 Å². The number of hydrogen-bond acceptors (Lipinski definition) is 7. The van der Waals surface area contributed by atoms with Gasteiger partial charge in [0.15, 0.2) is 11.5 Å². The largest absolute Gasteiger partial charge is 0.493 e. The number of allylic oxidation sites excluding steroid dienone is 1. The molecule has 1 unspecified atom stereocenters. The van der Waals surface area contributed by atoms with E-state index in [0.29, 0.717) is 29.4 Å². The molecule has 0 aromatic heterocycles. The van der Waals surface area contributed by atoms with Gasteiger partial charge in [0.05, 0.1) is 13.0 Å². The number of ether oxygens (including phenoxy) is 4. The standard InChI is InChI=1S/C37H34N2O5/c1-37(2,3)27-14-10-24(11-15-27)12-19-34(40)43-28-16-17-29-32(21-28)44-36(39)30(22-38)35(29)26-13-18-31(33(20-26)41-4)42-23-25-8-6-5-7-9-25/h5-21,35H,23,39H2,1-4H3/b19-12+. The first-order valence-corrected chi connectivity index (χ1v) is 14.2. The fraction of sp³-hybridized carbons (Fsp3) is 0.189. The number of fused-ring (bicyclic) bond motifs is 1. The van der Waals surface area contributed by atoms with Gasteiger partial charge >= 0.3 is 5.97 Å². The number of carbonyl (C=O) groups is 1. The Labute approximate surface area is 257 Å². The summed E-state index contributed by atoms with van der Waals surface area (Å²) >= 11 is 0. The Morgan fingerprint density at radius 1 is 0.977 bits per heavy atom. The van der Waals surface area contributed by atoms with Gasteiger partial charge in [-0.25, -0.2) is 4.79 Å². The summed E-state index contributed by atoms with van der Waals surface area (Å²) in [6.45, 7) is 6.84. The van der Waals surface area contributed by atoms with E-state index in [1.54, 1.807) is 31.4 Å². The van der Waals surface area contributed by atoms with E-state index in [2.05, 4.69) is 39.0 Å². The maximum atomic E-state index is 12.6. The molecule has 1 heterocycles. The number of methoxy groups -OCH3 is 1. The Bertz CT molecular complexity index is 1760. The molecule has 1 aliphatic heterocycles. The molecule has 44 heavy (non-hydrogen) atoms. The summed E-state index contributed by atoms with van der Waals surface area (Å²) in [7, 11) is 1.57. The summed E-state index contributed by atoms with van der Waals surface area (Å²) in [6, 6.07) is 30.6. The number of hydrogen-bond donors (Lipinski definition) is 1. The minimum Gasteiger partial charge on any atom is -0.493 e. The van der Waals surface area contributed by atoms with E-state index >= 15 is 0 Å². The molecular formula is C37H34N2O5. The molecule has 0 saturated heterocycles. The van der Waals surface area contributed by atoms with E-state index in [1.807, 2.05) is 60.7 Å². The zero-order chi connectivity index (χ0) is 31.3. The zero-order valence-electron chi connectivity index (χ0n) is 25.2. The van der Waals surface area contributed by atoms with Crippen molar-refractivity contribution in [3.63, 3.8) is 0 Å². The fourth-order valence-corrected chi connectivity index (χ4v) is 4.97. The van der Waals surface area contributed by atoms with Crippen LogP contribution in [0.3, 0.4) is 0 Å². The molecule has 0 amide bonds. The summed E-state index contributed by atoms with van der Waals surface area (Å²) in [5.41, 5.74) is 11.1. The average molecular weight is 587 g/mol. The van der Waals surface area contributed by atoms with Crippen LogP contribution in [0.4, 0.5) is 0 Å². The van der Waals surface area contributed by atoms with Gasteiger partial charge in [-0.15, -0.1) is 0 Å². The van der Waals surface area contributed by atoms with Crippen LogP contribution in [-0.2, 0) is 16.8 Å². The van der Waals surface area contributed by atoms with Gasteiger partial charge in [0.2, 0.25) is 5.88 Å². The van der Waals surface area contributed by atoms with E-state index in [-0.39, 0.29) is 22.6 Å². The van der Waals surface area contributed by atoms with Crippen LogP contribution in [0.15, 0.2) is 109 Å². The predicted octanol–water partition coefficient (Wildman–Crippen LogP) is 7.41. The quantitative estimate of drug-likeness (QED) is 0.130. The van der Waals surface area contributed by atoms with E-state index in [4.69, 9.17) is 24.7 Å². The molecule has 4 aromatic rings. The van der Waals surface area contributed by atoms with Gasteiger partial charge in [0.25, 0.3) is 0 Å². The maximum absolute atomic E-state index is 12.6. The van der Waals surface area contributed by atoms with Crippen molar-refractivity contribution in [2.45, 2.75) is 38.7 Å². The molecule has 2 N–H and O–H groups in total. The van der Waals surface area contributed by atoms with Gasteiger partial charge in [-0.05, 0) is 51.9 Å². The number of carbonyl (C=O) groups excluding carboxylic acids is 1. The van der Waals surface area contributed by atoms with E-state index in [1.165, 1.54) is 11.6 Å². The molecule has 4 aromatic carbocycles. The lowest BCUT2D eigenvalue weighted by atomic mass is 9.83. The van der Waals surface area contributed by atoms with Gasteiger partial charge < -0.3 is 24.7 Å². The Morgan fingerprint density at radius 3 is 2.41 bits per heavy atom. The second-order valence-corrected chi connectivity index (χ2v) is 11.4. The van der Waals surface area contributed by atoms with Crippen molar-refractivity contribution in [1.29, 1.82) is 5.26 Å². The zero-order valence-corrected chi connectivity index (χ0v) is 25.2. The number of benzene rings is 4. The molecule has 222 valence electrons. The third kappa shape index (κ3) is 6.77. The smallest absolute Gasteiger partial charge is 0.336 e. The third-order valence-corrected chi connectivity index (χ3v) is 7.36. The Morgan fingerprint density at radius 2 is 1.73 bits per heavy atom. The lowest BCUT2D eigenvalue weighted by Gasteiger charge is -2.27. The molecule has 0 spiro atoms. The highest BCUT2D eigenvalue weighted by molar-refractivity contribution is 5.88. The summed E-state index contributed by atoms with van der Waals surface area (Å²) < 4.78 is 23.0. The highest BCUT2D eigenvalue weighted by Crippen LogP contribution is 2.45. The second-order valence-electron chi connectivity index (χ2n) is 11.4. The van der Waals surface area contributed by atoms with E-state index in [0.717, 1.165) is 16.7 Å². The lowest BCUT2D eigenvalue weighted by molar-refractivity contribution is -0.128. The summed E-state index contributed by atoms with van der Waals surface area (Å²) in [6.07, 6.45) is 3.09.